The molecule has 0 bridgehead atoms. The molecular formula is C17H14N2. The lowest BCUT2D eigenvalue weighted by molar-refractivity contribution is 0.932. The van der Waals surface area contributed by atoms with E-state index in [0.29, 0.717) is 0 Å². The van der Waals surface area contributed by atoms with Gasteiger partial charge in [-0.1, -0.05) is 48.5 Å². The minimum atomic E-state index is 0.981. The van der Waals surface area contributed by atoms with E-state index in [1.165, 1.54) is 5.56 Å². The zero-order chi connectivity index (χ0) is 13.2. The van der Waals surface area contributed by atoms with E-state index >= 15 is 0 Å². The first-order valence-corrected chi connectivity index (χ1v) is 6.23. The molecule has 2 radical (unpaired) electrons. The summed E-state index contributed by atoms with van der Waals surface area (Å²) >= 11 is 0. The summed E-state index contributed by atoms with van der Waals surface area (Å²) in [6, 6.07) is 22.0. The Bertz CT molecular complexity index is 682. The molecule has 3 aromatic rings. The van der Waals surface area contributed by atoms with Gasteiger partial charge in [0.15, 0.2) is 0 Å². The van der Waals surface area contributed by atoms with Gasteiger partial charge in [-0.3, -0.25) is 0 Å². The van der Waals surface area contributed by atoms with Gasteiger partial charge < -0.3 is 4.57 Å². The smallest absolute Gasteiger partial charge is 0.140 e. The zero-order valence-corrected chi connectivity index (χ0v) is 11.0. The lowest BCUT2D eigenvalue weighted by atomic mass is 10.1. The summed E-state index contributed by atoms with van der Waals surface area (Å²) in [7, 11) is 2.05. The topological polar surface area (TPSA) is 17.8 Å². The molecule has 0 saturated carbocycles. The number of benzene rings is 2. The molecule has 0 fully saturated rings. The molecule has 1 heterocycles. The number of aromatic nitrogens is 2. The van der Waals surface area contributed by atoms with E-state index in [-0.39, 0.29) is 0 Å². The summed E-state index contributed by atoms with van der Waals surface area (Å²) in [5.41, 5.74) is 4.46. The van der Waals surface area contributed by atoms with Crippen molar-refractivity contribution in [1.29, 1.82) is 0 Å². The largest absolute Gasteiger partial charge is 0.327 e. The summed E-state index contributed by atoms with van der Waals surface area (Å²) in [6.07, 6.45) is 0. The van der Waals surface area contributed by atoms with E-state index < -0.39 is 0 Å². The van der Waals surface area contributed by atoms with E-state index in [1.807, 2.05) is 43.3 Å². The second-order valence-electron chi connectivity index (χ2n) is 4.51. The Kier molecular flexibility index (Phi) is 2.92. The zero-order valence-electron chi connectivity index (χ0n) is 11.0. The molecule has 19 heavy (non-hydrogen) atoms. The van der Waals surface area contributed by atoms with Crippen LogP contribution in [0.15, 0.2) is 48.5 Å². The molecule has 92 valence electrons. The van der Waals surface area contributed by atoms with Crippen molar-refractivity contribution in [3.05, 3.63) is 66.4 Å². The van der Waals surface area contributed by atoms with Crippen LogP contribution in [-0.2, 0) is 7.05 Å². The van der Waals surface area contributed by atoms with Gasteiger partial charge in [0.1, 0.15) is 5.82 Å². The fourth-order valence-electron chi connectivity index (χ4n) is 2.38. The van der Waals surface area contributed by atoms with E-state index in [9.17, 15) is 0 Å². The quantitative estimate of drug-likeness (QED) is 0.674. The third-order valence-corrected chi connectivity index (χ3v) is 3.24. The van der Waals surface area contributed by atoms with Crippen LogP contribution in [0.25, 0.3) is 22.6 Å². The average molecular weight is 246 g/mol. The van der Waals surface area contributed by atoms with Crippen LogP contribution >= 0.6 is 0 Å². The van der Waals surface area contributed by atoms with E-state index in [0.717, 1.165) is 22.8 Å². The van der Waals surface area contributed by atoms with Gasteiger partial charge in [-0.2, -0.15) is 0 Å². The van der Waals surface area contributed by atoms with Crippen molar-refractivity contribution < 1.29 is 0 Å². The highest BCUT2D eigenvalue weighted by atomic mass is 15.1. The fourth-order valence-corrected chi connectivity index (χ4v) is 2.38. The molecule has 3 rings (SSSR count). The van der Waals surface area contributed by atoms with Gasteiger partial charge in [0.25, 0.3) is 0 Å². The van der Waals surface area contributed by atoms with Crippen molar-refractivity contribution in [2.45, 2.75) is 6.92 Å². The van der Waals surface area contributed by atoms with Crippen LogP contribution in [0.1, 0.15) is 5.69 Å². The summed E-state index contributed by atoms with van der Waals surface area (Å²) in [6.45, 7) is 2.05. The number of rotatable bonds is 2. The highest BCUT2D eigenvalue weighted by Gasteiger charge is 2.13. The van der Waals surface area contributed by atoms with Crippen LogP contribution in [0.2, 0.25) is 0 Å². The molecule has 2 aromatic carbocycles. The molecule has 0 amide bonds. The Labute approximate surface area is 113 Å². The summed E-state index contributed by atoms with van der Waals surface area (Å²) < 4.78 is 2.14. The second kappa shape index (κ2) is 4.73. The molecule has 0 aliphatic rings. The lowest BCUT2D eigenvalue weighted by Crippen LogP contribution is -1.95. The van der Waals surface area contributed by atoms with Crippen molar-refractivity contribution in [3.8, 4) is 22.6 Å². The van der Waals surface area contributed by atoms with Gasteiger partial charge >= 0.3 is 0 Å². The van der Waals surface area contributed by atoms with Crippen LogP contribution < -0.4 is 0 Å². The maximum atomic E-state index is 4.70. The maximum Gasteiger partial charge on any atom is 0.140 e. The molecule has 0 aliphatic carbocycles. The minimum Gasteiger partial charge on any atom is -0.327 e. The molecule has 0 spiro atoms. The third-order valence-electron chi connectivity index (χ3n) is 3.24. The number of aryl methyl sites for hydroxylation is 1. The monoisotopic (exact) mass is 246 g/mol. The predicted molar refractivity (Wildman–Crippen MR) is 76.5 cm³/mol. The van der Waals surface area contributed by atoms with Gasteiger partial charge in [-0.25, -0.2) is 4.98 Å². The third kappa shape index (κ3) is 2.06. The Morgan fingerprint density at radius 2 is 1.42 bits per heavy atom. The Balaban J connectivity index is 2.17. The molecule has 0 N–H and O–H groups in total. The molecule has 0 saturated heterocycles. The first kappa shape index (κ1) is 11.7. The van der Waals surface area contributed by atoms with Crippen LogP contribution in [0.4, 0.5) is 0 Å². The average Bonchev–Trinajstić information content (AvgIpc) is 2.76. The van der Waals surface area contributed by atoms with Gasteiger partial charge in [-0.05, 0) is 19.1 Å². The van der Waals surface area contributed by atoms with Crippen LogP contribution in [-0.4, -0.2) is 9.55 Å². The molecule has 1 aromatic heterocycles. The Morgan fingerprint density at radius 1 is 0.895 bits per heavy atom. The number of hydrogen-bond acceptors (Lipinski definition) is 1. The highest BCUT2D eigenvalue weighted by Crippen LogP contribution is 2.28. The van der Waals surface area contributed by atoms with E-state index in [1.54, 1.807) is 0 Å². The predicted octanol–water partition coefficient (Wildman–Crippen LogP) is 3.66. The van der Waals surface area contributed by atoms with Gasteiger partial charge in [-0.15, -0.1) is 0 Å². The lowest BCUT2D eigenvalue weighted by Gasteiger charge is -2.06. The molecule has 2 heteroatoms. The fraction of sp³-hybridized carbons (Fsp3) is 0.118. The molecule has 0 unspecified atom stereocenters. The van der Waals surface area contributed by atoms with Crippen LogP contribution in [0, 0.1) is 19.1 Å². The summed E-state index contributed by atoms with van der Waals surface area (Å²) in [5.74, 6) is 0.981. The standard InChI is InChI=1S/C17H14N2/c1-13-16(14-9-5-3-6-10-14)19(2)17(18-13)15-11-7-4-8-12-15/h5-12H,1-2H3. The van der Waals surface area contributed by atoms with Crippen LogP contribution in [0.5, 0.6) is 0 Å². The first-order chi connectivity index (χ1) is 9.27. The first-order valence-electron chi connectivity index (χ1n) is 6.23. The normalized spacial score (nSPS) is 10.6. The van der Waals surface area contributed by atoms with Crippen molar-refractivity contribution in [2.24, 2.45) is 7.05 Å². The Hall–Kier alpha value is -2.35. The Morgan fingerprint density at radius 3 is 2.00 bits per heavy atom. The molecule has 2 nitrogen and oxygen atoms in total. The number of hydrogen-bond donors (Lipinski definition) is 0. The van der Waals surface area contributed by atoms with Crippen molar-refractivity contribution >= 4 is 0 Å². The SMILES string of the molecule is Cc1nc(-c2cc[c]cc2)n(C)c1-c1cc[c]cc1. The van der Waals surface area contributed by atoms with Gasteiger partial charge in [0, 0.05) is 18.2 Å². The maximum absolute atomic E-state index is 4.70. The molecular weight excluding hydrogens is 232 g/mol. The van der Waals surface area contributed by atoms with E-state index in [4.69, 9.17) is 4.98 Å². The molecule has 0 aliphatic heterocycles. The van der Waals surface area contributed by atoms with Gasteiger partial charge in [0.05, 0.1) is 11.4 Å². The summed E-state index contributed by atoms with van der Waals surface area (Å²) in [4.78, 5) is 4.70. The summed E-state index contributed by atoms with van der Waals surface area (Å²) in [5, 5.41) is 0. The van der Waals surface area contributed by atoms with Gasteiger partial charge in [0.2, 0.25) is 0 Å². The van der Waals surface area contributed by atoms with E-state index in [2.05, 4.69) is 35.9 Å². The minimum absolute atomic E-state index is 0.981. The second-order valence-corrected chi connectivity index (χ2v) is 4.51. The van der Waals surface area contributed by atoms with Crippen molar-refractivity contribution in [3.63, 3.8) is 0 Å². The van der Waals surface area contributed by atoms with Crippen LogP contribution in [0.3, 0.4) is 0 Å². The van der Waals surface area contributed by atoms with Crippen molar-refractivity contribution in [1.82, 2.24) is 9.55 Å². The highest BCUT2D eigenvalue weighted by molar-refractivity contribution is 5.68. The number of imidazole rings is 1. The molecule has 0 atom stereocenters. The number of nitrogens with zero attached hydrogens (tertiary/aromatic N) is 2. The van der Waals surface area contributed by atoms with Crippen molar-refractivity contribution in [2.75, 3.05) is 0 Å².